The average molecular weight is 552 g/mol. The molecule has 9 heteroatoms. The molecular formula is C29H33N3O4S2. The van der Waals surface area contributed by atoms with Crippen LogP contribution in [0.5, 0.6) is 0 Å². The number of carbonyl (C=O) groups excluding carboxylic acids is 1. The number of ether oxygens (including phenoxy) is 1. The normalized spacial score (nSPS) is 12.2. The summed E-state index contributed by atoms with van der Waals surface area (Å²) in [6, 6.07) is 25.8. The third-order valence-electron chi connectivity index (χ3n) is 5.69. The molecule has 0 aliphatic rings. The number of carbonyl (C=O) groups is 1. The van der Waals surface area contributed by atoms with Crippen LogP contribution in [0.1, 0.15) is 32.8 Å². The van der Waals surface area contributed by atoms with E-state index >= 15 is 0 Å². The molecule has 3 aromatic carbocycles. The van der Waals surface area contributed by atoms with Gasteiger partial charge in [-0.2, -0.15) is 4.31 Å². The van der Waals surface area contributed by atoms with Gasteiger partial charge in [0.2, 0.25) is 10.0 Å². The molecule has 0 radical (unpaired) electrons. The van der Waals surface area contributed by atoms with E-state index in [1.807, 2.05) is 79.9 Å². The quantitative estimate of drug-likeness (QED) is 0.134. The van der Waals surface area contributed by atoms with Gasteiger partial charge >= 0.3 is 5.97 Å². The van der Waals surface area contributed by atoms with E-state index in [9.17, 15) is 13.2 Å². The van der Waals surface area contributed by atoms with Gasteiger partial charge in [0.05, 0.1) is 15.9 Å². The third kappa shape index (κ3) is 7.24. The van der Waals surface area contributed by atoms with E-state index in [1.165, 1.54) is 16.1 Å². The van der Waals surface area contributed by atoms with Gasteiger partial charge in [-0.15, -0.1) is 0 Å². The fraction of sp³-hybridized carbons (Fsp3) is 0.310. The summed E-state index contributed by atoms with van der Waals surface area (Å²) in [6.07, 6.45) is 0.610. The van der Waals surface area contributed by atoms with Crippen molar-refractivity contribution in [2.75, 3.05) is 12.3 Å². The van der Waals surface area contributed by atoms with Crippen molar-refractivity contribution in [2.24, 2.45) is 0 Å². The van der Waals surface area contributed by atoms with E-state index in [2.05, 4.69) is 0 Å². The van der Waals surface area contributed by atoms with E-state index in [-0.39, 0.29) is 17.4 Å². The van der Waals surface area contributed by atoms with Gasteiger partial charge in [-0.3, -0.25) is 4.79 Å². The molecule has 0 unspecified atom stereocenters. The first-order valence-corrected chi connectivity index (χ1v) is 14.9. The Morgan fingerprint density at radius 3 is 2.26 bits per heavy atom. The number of rotatable bonds is 11. The topological polar surface area (TPSA) is 81.5 Å². The zero-order chi connectivity index (χ0) is 27.2. The van der Waals surface area contributed by atoms with E-state index in [0.717, 1.165) is 16.6 Å². The maximum absolute atomic E-state index is 13.5. The first kappa shape index (κ1) is 27.9. The van der Waals surface area contributed by atoms with Crippen molar-refractivity contribution in [3.05, 3.63) is 90.5 Å². The van der Waals surface area contributed by atoms with Gasteiger partial charge in [0.1, 0.15) is 12.1 Å². The van der Waals surface area contributed by atoms with Crippen molar-refractivity contribution in [1.29, 1.82) is 0 Å². The Morgan fingerprint density at radius 2 is 1.58 bits per heavy atom. The first-order valence-electron chi connectivity index (χ1n) is 12.5. The smallest absolute Gasteiger partial charge is 0.326 e. The highest BCUT2D eigenvalue weighted by molar-refractivity contribution is 7.99. The van der Waals surface area contributed by atoms with E-state index in [1.54, 1.807) is 30.3 Å². The van der Waals surface area contributed by atoms with Crippen LogP contribution in [0.4, 0.5) is 0 Å². The number of nitrogens with zero attached hydrogens (tertiary/aromatic N) is 3. The zero-order valence-corrected chi connectivity index (χ0v) is 23.5. The summed E-state index contributed by atoms with van der Waals surface area (Å²) in [7, 11) is -3.66. The predicted octanol–water partition coefficient (Wildman–Crippen LogP) is 5.75. The molecule has 4 rings (SSSR count). The molecule has 200 valence electrons. The Labute approximate surface area is 228 Å². The number of imidazole rings is 1. The number of hydrogen-bond donors (Lipinski definition) is 0. The summed E-state index contributed by atoms with van der Waals surface area (Å²) in [5, 5.41) is 0.706. The standard InChI is InChI=1S/C29H33N3O4S2/c1-29(2,3)36-27(33)22-32-26-18-11-10-17-25(26)30-28(32)37-20-12-19-31(21-23-13-6-4-7-14-23)38(34,35)24-15-8-5-9-16-24/h4-11,13-18H,12,19-22H2,1-3H3. The second-order valence-corrected chi connectivity index (χ2v) is 12.9. The van der Waals surface area contributed by atoms with E-state index < -0.39 is 15.6 Å². The Balaban J connectivity index is 1.48. The summed E-state index contributed by atoms with van der Waals surface area (Å²) in [6.45, 7) is 6.24. The van der Waals surface area contributed by atoms with Crippen LogP contribution in [-0.2, 0) is 32.6 Å². The highest BCUT2D eigenvalue weighted by atomic mass is 32.2. The first-order chi connectivity index (χ1) is 18.1. The molecule has 0 bridgehead atoms. The molecule has 38 heavy (non-hydrogen) atoms. The van der Waals surface area contributed by atoms with E-state index in [4.69, 9.17) is 9.72 Å². The average Bonchev–Trinajstić information content (AvgIpc) is 3.22. The van der Waals surface area contributed by atoms with Crippen molar-refractivity contribution < 1.29 is 17.9 Å². The lowest BCUT2D eigenvalue weighted by Gasteiger charge is -2.22. The minimum absolute atomic E-state index is 0.0582. The second-order valence-electron chi connectivity index (χ2n) is 9.89. The fourth-order valence-corrected chi connectivity index (χ4v) is 6.46. The fourth-order valence-electron chi connectivity index (χ4n) is 4.04. The lowest BCUT2D eigenvalue weighted by molar-refractivity contribution is -0.155. The Morgan fingerprint density at radius 1 is 0.947 bits per heavy atom. The maximum atomic E-state index is 13.5. The summed E-state index contributed by atoms with van der Waals surface area (Å²) in [4.78, 5) is 17.6. The number of aromatic nitrogens is 2. The Hall–Kier alpha value is -3.14. The minimum Gasteiger partial charge on any atom is -0.459 e. The molecule has 4 aromatic rings. The number of sulfonamides is 1. The van der Waals surface area contributed by atoms with Gasteiger partial charge < -0.3 is 9.30 Å². The summed E-state index contributed by atoms with van der Waals surface area (Å²) < 4.78 is 35.9. The molecule has 0 aliphatic carbocycles. The van der Waals surface area contributed by atoms with Crippen LogP contribution in [-0.4, -0.2) is 46.1 Å². The number of esters is 1. The third-order valence-corrected chi connectivity index (χ3v) is 8.61. The summed E-state index contributed by atoms with van der Waals surface area (Å²) in [5.74, 6) is 0.304. The number of thioether (sulfide) groups is 1. The molecule has 0 saturated heterocycles. The van der Waals surface area contributed by atoms with Crippen LogP contribution in [0.25, 0.3) is 11.0 Å². The zero-order valence-electron chi connectivity index (χ0n) is 21.9. The molecule has 0 saturated carbocycles. The van der Waals surface area contributed by atoms with Gasteiger partial charge in [-0.25, -0.2) is 13.4 Å². The van der Waals surface area contributed by atoms with Crippen LogP contribution >= 0.6 is 11.8 Å². The van der Waals surface area contributed by atoms with Crippen molar-refractivity contribution in [3.63, 3.8) is 0 Å². The molecule has 0 N–H and O–H groups in total. The molecular weight excluding hydrogens is 518 g/mol. The predicted molar refractivity (Wildman–Crippen MR) is 151 cm³/mol. The van der Waals surface area contributed by atoms with Gasteiger partial charge in [0.15, 0.2) is 5.16 Å². The Kier molecular flexibility index (Phi) is 8.91. The molecule has 0 amide bonds. The molecule has 1 heterocycles. The highest BCUT2D eigenvalue weighted by Gasteiger charge is 2.25. The largest absolute Gasteiger partial charge is 0.459 e. The van der Waals surface area contributed by atoms with Crippen LogP contribution in [0.2, 0.25) is 0 Å². The van der Waals surface area contributed by atoms with Gasteiger partial charge in [0, 0.05) is 18.8 Å². The van der Waals surface area contributed by atoms with Gasteiger partial charge in [-0.05, 0) is 57.0 Å². The molecule has 0 spiro atoms. The van der Waals surface area contributed by atoms with Crippen LogP contribution < -0.4 is 0 Å². The summed E-state index contributed by atoms with van der Waals surface area (Å²) in [5.41, 5.74) is 2.01. The molecule has 0 atom stereocenters. The SMILES string of the molecule is CC(C)(C)OC(=O)Cn1c(SCCCN(Cc2ccccc2)S(=O)(=O)c2ccccc2)nc2ccccc21. The van der Waals surface area contributed by atoms with Crippen molar-refractivity contribution in [1.82, 2.24) is 13.9 Å². The minimum atomic E-state index is -3.66. The number of benzene rings is 3. The number of hydrogen-bond acceptors (Lipinski definition) is 6. The van der Waals surface area contributed by atoms with Crippen LogP contribution in [0.15, 0.2) is 95.0 Å². The molecule has 7 nitrogen and oxygen atoms in total. The molecule has 0 aliphatic heterocycles. The van der Waals surface area contributed by atoms with Gasteiger partial charge in [-0.1, -0.05) is 72.4 Å². The monoisotopic (exact) mass is 551 g/mol. The Bertz CT molecular complexity index is 1460. The lowest BCUT2D eigenvalue weighted by Crippen LogP contribution is -2.32. The van der Waals surface area contributed by atoms with Crippen LogP contribution in [0, 0.1) is 0 Å². The van der Waals surface area contributed by atoms with Crippen molar-refractivity contribution >= 4 is 38.8 Å². The number of fused-ring (bicyclic) bond motifs is 1. The van der Waals surface area contributed by atoms with Crippen molar-refractivity contribution in [3.8, 4) is 0 Å². The maximum Gasteiger partial charge on any atom is 0.326 e. The summed E-state index contributed by atoms with van der Waals surface area (Å²) >= 11 is 1.51. The molecule has 1 aromatic heterocycles. The van der Waals surface area contributed by atoms with Crippen LogP contribution in [0.3, 0.4) is 0 Å². The van der Waals surface area contributed by atoms with Gasteiger partial charge in [0.25, 0.3) is 0 Å². The van der Waals surface area contributed by atoms with E-state index in [0.29, 0.717) is 30.4 Å². The van der Waals surface area contributed by atoms with Crippen molar-refractivity contribution in [2.45, 2.75) is 55.9 Å². The highest BCUT2D eigenvalue weighted by Crippen LogP contribution is 2.26. The molecule has 0 fully saturated rings. The number of para-hydroxylation sites is 2. The second kappa shape index (κ2) is 12.1. The lowest BCUT2D eigenvalue weighted by atomic mass is 10.2.